The molecule has 13 heteroatoms. The third-order valence-corrected chi connectivity index (χ3v) is 6.98. The van der Waals surface area contributed by atoms with Gasteiger partial charge in [0.1, 0.15) is 23.4 Å². The second-order valence-corrected chi connectivity index (χ2v) is 11.1. The van der Waals surface area contributed by atoms with E-state index in [1.165, 1.54) is 22.9 Å². The van der Waals surface area contributed by atoms with Crippen LogP contribution in [0.5, 0.6) is 5.75 Å². The van der Waals surface area contributed by atoms with E-state index in [1.807, 2.05) is 39.8 Å². The van der Waals surface area contributed by atoms with Crippen LogP contribution >= 0.6 is 0 Å². The van der Waals surface area contributed by atoms with Crippen molar-refractivity contribution >= 4 is 26.8 Å². The third-order valence-electron chi connectivity index (χ3n) is 5.53. The Morgan fingerprint density at radius 3 is 2.69 bits per heavy atom. The second-order valence-electron chi connectivity index (χ2n) is 9.30. The van der Waals surface area contributed by atoms with Crippen LogP contribution < -0.4 is 15.1 Å². The lowest BCUT2D eigenvalue weighted by molar-refractivity contribution is 0.318. The zero-order valence-electron chi connectivity index (χ0n) is 21.1. The summed E-state index contributed by atoms with van der Waals surface area (Å²) < 4.78 is 37.5. The summed E-state index contributed by atoms with van der Waals surface area (Å²) >= 11 is 0. The van der Waals surface area contributed by atoms with E-state index in [0.29, 0.717) is 53.6 Å². The normalized spacial score (nSPS) is 12.4. The monoisotopic (exact) mass is 516 g/mol. The molecule has 4 aromatic rings. The Kier molecular flexibility index (Phi) is 7.43. The fourth-order valence-electron chi connectivity index (χ4n) is 3.82. The summed E-state index contributed by atoms with van der Waals surface area (Å²) in [5.41, 5.74) is 1.47. The molecule has 0 fully saturated rings. The number of H-pyrrole nitrogens is 1. The molecule has 0 aliphatic heterocycles. The Morgan fingerprint density at radius 2 is 2.00 bits per heavy atom. The van der Waals surface area contributed by atoms with Gasteiger partial charge in [0.05, 0.1) is 17.1 Å². The number of rotatable bonds is 11. The molecule has 2 N–H and O–H groups in total. The first-order valence-corrected chi connectivity index (χ1v) is 13.3. The molecule has 0 atom stereocenters. The molecular formula is C23H32N8O4S. The topological polar surface area (TPSA) is 140 Å². The van der Waals surface area contributed by atoms with Crippen LogP contribution in [0.1, 0.15) is 27.2 Å². The summed E-state index contributed by atoms with van der Waals surface area (Å²) in [7, 11) is -0.0177. The summed E-state index contributed by atoms with van der Waals surface area (Å²) in [6.07, 6.45) is 2.15. The molecule has 0 aliphatic carbocycles. The molecule has 0 amide bonds. The first-order valence-electron chi connectivity index (χ1n) is 11.9. The number of aromatic amines is 1. The van der Waals surface area contributed by atoms with Crippen LogP contribution in [-0.2, 0) is 16.6 Å². The third kappa shape index (κ3) is 5.13. The molecule has 0 unspecified atom stereocenters. The number of aromatic nitrogens is 6. The van der Waals surface area contributed by atoms with Crippen molar-refractivity contribution in [1.29, 1.82) is 0 Å². The molecule has 1 aromatic carbocycles. The molecule has 0 radical (unpaired) electrons. The van der Waals surface area contributed by atoms with Gasteiger partial charge in [-0.1, -0.05) is 20.8 Å². The van der Waals surface area contributed by atoms with E-state index < -0.39 is 10.0 Å². The number of nitrogens with one attached hydrogen (secondary N) is 2. The predicted octanol–water partition coefficient (Wildman–Crippen LogP) is 1.72. The molecular weight excluding hydrogens is 484 g/mol. The minimum absolute atomic E-state index is 0.0905. The van der Waals surface area contributed by atoms with E-state index in [4.69, 9.17) is 9.72 Å². The Balaban J connectivity index is 1.88. The average molecular weight is 517 g/mol. The van der Waals surface area contributed by atoms with Gasteiger partial charge < -0.3 is 14.6 Å². The molecule has 12 nitrogen and oxygen atoms in total. The first-order chi connectivity index (χ1) is 17.1. The van der Waals surface area contributed by atoms with Gasteiger partial charge in [-0.3, -0.25) is 4.57 Å². The van der Waals surface area contributed by atoms with Gasteiger partial charge >= 0.3 is 5.69 Å². The van der Waals surface area contributed by atoms with Gasteiger partial charge in [0, 0.05) is 19.6 Å². The minimum Gasteiger partial charge on any atom is -0.493 e. The smallest absolute Gasteiger partial charge is 0.336 e. The molecule has 3 aromatic heterocycles. The SMILES string of the molecule is CCCOc1ccc(S(=O)(=O)NCCN(C)C)cc1-c1nc2c([nH]1)c1nncn1c(=O)n2CC(C)C. The summed E-state index contributed by atoms with van der Waals surface area (Å²) in [5, 5.41) is 7.99. The number of hydrogen-bond acceptors (Lipinski definition) is 8. The van der Waals surface area contributed by atoms with Crippen LogP contribution in [0.25, 0.3) is 28.2 Å². The molecule has 0 aliphatic rings. The highest BCUT2D eigenvalue weighted by atomic mass is 32.2. The van der Waals surface area contributed by atoms with E-state index in [9.17, 15) is 13.2 Å². The molecule has 0 saturated carbocycles. The van der Waals surface area contributed by atoms with Crippen LogP contribution in [0.4, 0.5) is 0 Å². The number of ether oxygens (including phenoxy) is 1. The Labute approximate surface area is 209 Å². The molecule has 0 saturated heterocycles. The van der Waals surface area contributed by atoms with Crippen LogP contribution in [0.3, 0.4) is 0 Å². The average Bonchev–Trinajstić information content (AvgIpc) is 3.47. The lowest BCUT2D eigenvalue weighted by Gasteiger charge is -2.13. The van der Waals surface area contributed by atoms with Crippen molar-refractivity contribution in [1.82, 2.24) is 38.8 Å². The van der Waals surface area contributed by atoms with Crippen molar-refractivity contribution < 1.29 is 13.2 Å². The summed E-state index contributed by atoms with van der Waals surface area (Å²) in [5.74, 6) is 1.04. The number of fused-ring (bicyclic) bond motifs is 3. The predicted molar refractivity (Wildman–Crippen MR) is 137 cm³/mol. The second kappa shape index (κ2) is 10.4. The maximum absolute atomic E-state index is 13.1. The summed E-state index contributed by atoms with van der Waals surface area (Å²) in [6, 6.07) is 4.68. The fraction of sp³-hybridized carbons (Fsp3) is 0.478. The van der Waals surface area contributed by atoms with Crippen LogP contribution in [-0.4, -0.2) is 76.2 Å². The highest BCUT2D eigenvalue weighted by Crippen LogP contribution is 2.32. The van der Waals surface area contributed by atoms with Gasteiger partial charge in [0.2, 0.25) is 10.0 Å². The van der Waals surface area contributed by atoms with Gasteiger partial charge in [0.15, 0.2) is 11.3 Å². The lowest BCUT2D eigenvalue weighted by Crippen LogP contribution is -2.31. The van der Waals surface area contributed by atoms with Crippen molar-refractivity contribution in [2.75, 3.05) is 33.8 Å². The Hall–Kier alpha value is -3.29. The summed E-state index contributed by atoms with van der Waals surface area (Å²) in [6.45, 7) is 7.74. The van der Waals surface area contributed by atoms with Gasteiger partial charge in [-0.25, -0.2) is 27.3 Å². The lowest BCUT2D eigenvalue weighted by atomic mass is 10.2. The quantitative estimate of drug-likeness (QED) is 0.307. The van der Waals surface area contributed by atoms with E-state index in [0.717, 1.165) is 6.42 Å². The summed E-state index contributed by atoms with van der Waals surface area (Å²) in [4.78, 5) is 23.1. The van der Waals surface area contributed by atoms with E-state index in [2.05, 4.69) is 19.9 Å². The Morgan fingerprint density at radius 1 is 1.22 bits per heavy atom. The van der Waals surface area contributed by atoms with Crippen LogP contribution in [0.2, 0.25) is 0 Å². The maximum atomic E-state index is 13.1. The first kappa shape index (κ1) is 25.8. The molecule has 194 valence electrons. The van der Waals surface area contributed by atoms with Crippen LogP contribution in [0, 0.1) is 5.92 Å². The number of hydrogen-bond donors (Lipinski definition) is 2. The van der Waals surface area contributed by atoms with Crippen molar-refractivity contribution in [3.8, 4) is 17.1 Å². The fourth-order valence-corrected chi connectivity index (χ4v) is 4.87. The van der Waals surface area contributed by atoms with Gasteiger partial charge in [-0.05, 0) is 44.6 Å². The van der Waals surface area contributed by atoms with E-state index in [-0.39, 0.29) is 23.0 Å². The number of imidazole rings is 1. The Bertz CT molecular complexity index is 1540. The van der Waals surface area contributed by atoms with E-state index in [1.54, 1.807) is 10.6 Å². The number of likely N-dealkylation sites (N-methyl/N-ethyl adjacent to an activating group) is 1. The molecule has 4 rings (SSSR count). The zero-order chi connectivity index (χ0) is 26.0. The van der Waals surface area contributed by atoms with Gasteiger partial charge in [0.25, 0.3) is 0 Å². The number of sulfonamides is 1. The standard InChI is InChI=1S/C23H32N8O4S/c1-6-11-35-18-8-7-16(36(33,34)25-9-10-29(4)5)12-17(18)20-26-19-21(27-20)30(13-15(2)3)23(32)31-14-24-28-22(19)31/h7-8,12,14-15,25H,6,9-11,13H2,1-5H3,(H,26,27). The van der Waals surface area contributed by atoms with Crippen molar-refractivity contribution in [2.45, 2.75) is 38.6 Å². The van der Waals surface area contributed by atoms with Crippen LogP contribution in [0.15, 0.2) is 34.2 Å². The zero-order valence-corrected chi connectivity index (χ0v) is 22.0. The molecule has 36 heavy (non-hydrogen) atoms. The number of nitrogens with zero attached hydrogens (tertiary/aromatic N) is 6. The largest absolute Gasteiger partial charge is 0.493 e. The van der Waals surface area contributed by atoms with E-state index >= 15 is 0 Å². The molecule has 3 heterocycles. The van der Waals surface area contributed by atoms with Gasteiger partial charge in [-0.2, -0.15) is 0 Å². The molecule has 0 bridgehead atoms. The van der Waals surface area contributed by atoms with Crippen molar-refractivity contribution in [3.63, 3.8) is 0 Å². The number of benzene rings is 1. The maximum Gasteiger partial charge on any atom is 0.336 e. The van der Waals surface area contributed by atoms with Crippen molar-refractivity contribution in [3.05, 3.63) is 35.0 Å². The minimum atomic E-state index is -3.77. The highest BCUT2D eigenvalue weighted by molar-refractivity contribution is 7.89. The van der Waals surface area contributed by atoms with Crippen molar-refractivity contribution in [2.24, 2.45) is 5.92 Å². The highest BCUT2D eigenvalue weighted by Gasteiger charge is 2.22. The molecule has 0 spiro atoms. The van der Waals surface area contributed by atoms with Gasteiger partial charge in [-0.15, -0.1) is 10.2 Å².